The van der Waals surface area contributed by atoms with Crippen LogP contribution in [-0.4, -0.2) is 194 Å². The number of aliphatic hydroxyl groups is 5. The number of carbonyl (C=O) groups excluding carboxylic acids is 4. The minimum atomic E-state index is -1.56. The van der Waals surface area contributed by atoms with E-state index in [1.165, 1.54) is 21.1 Å². The summed E-state index contributed by atoms with van der Waals surface area (Å²) >= 11 is 0. The Kier molecular flexibility index (Phi) is 21.9. The number of ketones is 4. The second-order valence-electron chi connectivity index (χ2n) is 35.0. The van der Waals surface area contributed by atoms with Crippen molar-refractivity contribution in [1.82, 2.24) is 19.4 Å². The number of nitrogens with one attached hydrogen (secondary N) is 1. The molecule has 0 amide bonds. The molecule has 24 nitrogen and oxygen atoms in total. The van der Waals surface area contributed by atoms with Gasteiger partial charge in [-0.05, 0) is 179 Å². The lowest BCUT2D eigenvalue weighted by atomic mass is 9.46. The SMILES string of the molecule is C.COc1c(N2CCN(CO[C@]3(C(=O)CO)CC[C@H]4[C@@H]5CCC6=CC(=O)C=C[C@]6(C)C5[C@@H](O)C[C@@]43C)C(C)C2)c(F)c(C)c2c(=O)c(C(=O)O)c(C)n(C3CC3)c12.COc1c(N2CCNC(C)C2)c(F)c(C)c2c(=O)c(C(=O)O)c(C)n(C3CC3)c12.C[C@]12C=CC(=O)C=C1CC[C@@H]1[C@@H]2[C@@H](O)C[C@@]2(C)[C@H]1CC[C@]2(O)C(=O)CO. The summed E-state index contributed by atoms with van der Waals surface area (Å²) < 4.78 is 54.4. The highest BCUT2D eigenvalue weighted by molar-refractivity contribution is 6.03. The Morgan fingerprint density at radius 2 is 1.05 bits per heavy atom. The van der Waals surface area contributed by atoms with Crippen LogP contribution >= 0.6 is 0 Å². The molecule has 26 heteroatoms. The van der Waals surface area contributed by atoms with Gasteiger partial charge in [-0.3, -0.25) is 33.7 Å². The second-order valence-corrected chi connectivity index (χ2v) is 35.0. The molecule has 8 N–H and O–H groups in total. The number of Topliss-reactive ketones (excluding diaryl/α,β-unsaturated/α-hetero) is 2. The maximum Gasteiger partial charge on any atom is 0.341 e. The van der Waals surface area contributed by atoms with Gasteiger partial charge in [0.2, 0.25) is 10.9 Å². The van der Waals surface area contributed by atoms with Crippen LogP contribution < -0.4 is 35.4 Å². The molecule has 12 aliphatic rings. The van der Waals surface area contributed by atoms with E-state index in [0.29, 0.717) is 98.8 Å². The number of allylic oxidation sites excluding steroid dienone is 8. The molecular formula is C86H112F2N6O18. The number of piperazine rings is 2. The van der Waals surface area contributed by atoms with E-state index in [4.69, 9.17) is 14.2 Å². The van der Waals surface area contributed by atoms with Gasteiger partial charge in [-0.25, -0.2) is 18.4 Å². The number of benzene rings is 2. The number of aryl methyl sites for hydroxylation is 2. The summed E-state index contributed by atoms with van der Waals surface area (Å²) in [4.78, 5) is 107. The number of pyridine rings is 2. The third-order valence-electron chi connectivity index (χ3n) is 29.4. The summed E-state index contributed by atoms with van der Waals surface area (Å²) in [5.41, 5.74) is -2.56. The van der Waals surface area contributed by atoms with Crippen LogP contribution in [0.3, 0.4) is 0 Å². The zero-order valence-corrected chi connectivity index (χ0v) is 65.8. The van der Waals surface area contributed by atoms with Crippen LogP contribution in [0.4, 0.5) is 20.2 Å². The maximum atomic E-state index is 16.6. The predicted octanol–water partition coefficient (Wildman–Crippen LogP) is 9.65. The molecule has 16 atom stereocenters. The third-order valence-corrected chi connectivity index (χ3v) is 29.4. The lowest BCUT2D eigenvalue weighted by Crippen LogP contribution is -2.63. The first-order valence-electron chi connectivity index (χ1n) is 39.7. The minimum Gasteiger partial charge on any atom is -0.492 e. The molecule has 10 fully saturated rings. The smallest absolute Gasteiger partial charge is 0.341 e. The number of methoxy groups -OCH3 is 2. The molecule has 8 saturated carbocycles. The Labute approximate surface area is 651 Å². The van der Waals surface area contributed by atoms with Crippen LogP contribution in [0.1, 0.15) is 194 Å². The van der Waals surface area contributed by atoms with Gasteiger partial charge in [0.1, 0.15) is 53.6 Å². The Balaban J connectivity index is 0.000000164. The number of rotatable bonds is 15. The molecule has 2 aromatic heterocycles. The molecule has 0 radical (unpaired) electrons. The molecule has 0 spiro atoms. The number of fused-ring (bicyclic) bond motifs is 12. The van der Waals surface area contributed by atoms with Gasteiger partial charge >= 0.3 is 11.9 Å². The number of hydrogen-bond donors (Lipinski definition) is 8. The highest BCUT2D eigenvalue weighted by atomic mass is 19.1. The van der Waals surface area contributed by atoms with E-state index in [-0.39, 0.29) is 141 Å². The third kappa shape index (κ3) is 12.5. The first-order valence-corrected chi connectivity index (χ1v) is 39.7. The fraction of sp³-hybridized carbons (Fsp3) is 0.628. The fourth-order valence-corrected chi connectivity index (χ4v) is 23.6. The summed E-state index contributed by atoms with van der Waals surface area (Å²) in [6.07, 6.45) is 18.7. The molecule has 2 aromatic carbocycles. The second kappa shape index (κ2) is 29.8. The van der Waals surface area contributed by atoms with Crippen LogP contribution in [0.5, 0.6) is 11.5 Å². The van der Waals surface area contributed by atoms with Gasteiger partial charge in [-0.2, -0.15) is 0 Å². The average Bonchev–Trinajstić information content (AvgIpc) is 1.23. The molecule has 3 unspecified atom stereocenters. The van der Waals surface area contributed by atoms with E-state index in [9.17, 15) is 74.1 Å². The molecule has 2 saturated heterocycles. The van der Waals surface area contributed by atoms with Crippen LogP contribution in [0.25, 0.3) is 21.8 Å². The monoisotopic (exact) mass is 1550 g/mol. The highest BCUT2D eigenvalue weighted by Crippen LogP contribution is 2.70. The van der Waals surface area contributed by atoms with Gasteiger partial charge in [0, 0.05) is 119 Å². The van der Waals surface area contributed by atoms with Gasteiger partial charge in [0.15, 0.2) is 46.3 Å². The summed E-state index contributed by atoms with van der Waals surface area (Å²) in [6.45, 7) is 20.4. The first-order chi connectivity index (χ1) is 52.5. The Morgan fingerprint density at radius 1 is 0.607 bits per heavy atom. The topological polar surface area (TPSA) is 337 Å². The summed E-state index contributed by atoms with van der Waals surface area (Å²) in [5, 5.41) is 77.1. The number of aromatic carboxylic acids is 2. The van der Waals surface area contributed by atoms with Crippen molar-refractivity contribution < 1.29 is 87.5 Å². The van der Waals surface area contributed by atoms with Gasteiger partial charge in [0.05, 0.1) is 48.2 Å². The number of aromatic nitrogens is 2. The summed E-state index contributed by atoms with van der Waals surface area (Å²) in [5.74, 6) is -3.84. The molecule has 608 valence electrons. The summed E-state index contributed by atoms with van der Waals surface area (Å²) in [7, 11) is 2.91. The largest absolute Gasteiger partial charge is 0.492 e. The van der Waals surface area contributed by atoms with Crippen molar-refractivity contribution in [1.29, 1.82) is 0 Å². The molecule has 4 heterocycles. The van der Waals surface area contributed by atoms with Crippen molar-refractivity contribution in [2.24, 2.45) is 57.2 Å². The van der Waals surface area contributed by atoms with Crippen molar-refractivity contribution in [2.45, 2.75) is 214 Å². The maximum absolute atomic E-state index is 16.6. The molecule has 2 aliphatic heterocycles. The molecule has 16 rings (SSSR count). The number of halogens is 2. The van der Waals surface area contributed by atoms with Crippen molar-refractivity contribution in [3.8, 4) is 11.5 Å². The van der Waals surface area contributed by atoms with Crippen molar-refractivity contribution in [2.75, 3.05) is 83.2 Å². The lowest BCUT2D eigenvalue weighted by Gasteiger charge is -2.60. The highest BCUT2D eigenvalue weighted by Gasteiger charge is 2.71. The van der Waals surface area contributed by atoms with E-state index < -0.39 is 93.1 Å². The minimum absolute atomic E-state index is 0. The molecular weight excluding hydrogens is 1440 g/mol. The normalized spacial score (nSPS) is 33.8. The molecule has 112 heavy (non-hydrogen) atoms. The van der Waals surface area contributed by atoms with Crippen LogP contribution in [0.2, 0.25) is 0 Å². The van der Waals surface area contributed by atoms with Gasteiger partial charge in [0.25, 0.3) is 0 Å². The van der Waals surface area contributed by atoms with E-state index in [1.807, 2.05) is 58.8 Å². The van der Waals surface area contributed by atoms with Crippen LogP contribution in [0.15, 0.2) is 57.2 Å². The number of nitrogens with zero attached hydrogens (tertiary/aromatic N) is 5. The van der Waals surface area contributed by atoms with Gasteiger partial charge < -0.3 is 74.2 Å². The van der Waals surface area contributed by atoms with Crippen LogP contribution in [-0.2, 0) is 23.9 Å². The number of carboxylic acids is 2. The van der Waals surface area contributed by atoms with E-state index in [2.05, 4.69) is 24.1 Å². The number of anilines is 2. The summed E-state index contributed by atoms with van der Waals surface area (Å²) in [6, 6.07) is 0.0704. The number of carbonyl (C=O) groups is 6. The Bertz CT molecular complexity index is 4840. The van der Waals surface area contributed by atoms with Crippen molar-refractivity contribution in [3.05, 3.63) is 113 Å². The van der Waals surface area contributed by atoms with E-state index in [0.717, 1.165) is 75.4 Å². The molecule has 0 bridgehead atoms. The lowest BCUT2D eigenvalue weighted by molar-refractivity contribution is -0.205. The Hall–Kier alpha value is -7.82. The van der Waals surface area contributed by atoms with Gasteiger partial charge in [-0.1, -0.05) is 58.4 Å². The average molecular weight is 1560 g/mol. The molecule has 4 aromatic rings. The van der Waals surface area contributed by atoms with Crippen molar-refractivity contribution >= 4 is 68.3 Å². The zero-order valence-electron chi connectivity index (χ0n) is 65.8. The zero-order chi connectivity index (χ0) is 80.2. The number of ether oxygens (including phenoxy) is 3. The van der Waals surface area contributed by atoms with Crippen LogP contribution in [0, 0.1) is 96.5 Å². The Morgan fingerprint density at radius 3 is 1.48 bits per heavy atom. The molecule has 10 aliphatic carbocycles. The van der Waals surface area contributed by atoms with E-state index in [1.54, 1.807) is 45.1 Å². The number of carboxylic acid groups (broad SMARTS) is 2. The first kappa shape index (κ1) is 82.2. The fourth-order valence-electron chi connectivity index (χ4n) is 23.6. The number of hydrogen-bond acceptors (Lipinski definition) is 20. The van der Waals surface area contributed by atoms with Crippen molar-refractivity contribution in [3.63, 3.8) is 0 Å². The number of aliphatic hydroxyl groups excluding tert-OH is 4. The van der Waals surface area contributed by atoms with Gasteiger partial charge in [-0.15, -0.1) is 0 Å². The standard InChI is InChI=1S/C43H54FN3O9.C21H26FN3O4.C21H28O5.CH4/c1-22-19-45(37-35(44)23(2)32-36(39(37)55-6)47(26-8-9-26)24(3)33(38(32)52)40(53)54)15-16-46(22)21-56-43(31(51)20-48)14-12-29-28-10-7-25-17-27(49)11-13-41(25,4)34(28)30(50)18-42(29,43)5;1-10-9-24(8-7-23-10)18-16(22)11(2)14-17(20(18)29-4)25(13-5-6-13)12(3)15(19(14)26)21(27)28;1-19-7-5-13(23)9-12(19)3-4-14-15-6-8-21(26,17(25)11-22)20(15,2)10-16(24)18(14)19;/h11,13,17,22,26,28-30,34,48,50H,7-10,12,14-16,18-21H2,1-6H3,(H,53,54);10,13,23H,5-9H2,1-4H3,(H,27,28);5,7,9,14-16,18,22,24,26H,3-4,6,8,10-11H2,1-2H3;1H4/t22?,28-,29-,30-,34?,41-,42-,43-;;14-,15-,16-,18+,19-,20-,21-;/m0.0./s1. The van der Waals surface area contributed by atoms with E-state index >= 15 is 8.78 Å². The quantitative estimate of drug-likeness (QED) is 0.0549. The predicted molar refractivity (Wildman–Crippen MR) is 417 cm³/mol.